The second-order valence-electron chi connectivity index (χ2n) is 6.63. The molecule has 6 nitrogen and oxygen atoms in total. The van der Waals surface area contributed by atoms with E-state index in [2.05, 4.69) is 22.0 Å². The molecule has 3 aromatic rings. The van der Waals surface area contributed by atoms with E-state index in [-0.39, 0.29) is 20.4 Å². The smallest absolute Gasteiger partial charge is 0.269 e. The van der Waals surface area contributed by atoms with Gasteiger partial charge in [0.15, 0.2) is 11.6 Å². The van der Waals surface area contributed by atoms with Crippen LogP contribution in [0.4, 0.5) is 10.2 Å². The van der Waals surface area contributed by atoms with Gasteiger partial charge >= 0.3 is 0 Å². The maximum Gasteiger partial charge on any atom is 0.269 e. The predicted octanol–water partition coefficient (Wildman–Crippen LogP) is 2.83. The molecule has 0 atom stereocenters. The molecule has 0 saturated carbocycles. The van der Waals surface area contributed by atoms with E-state index >= 15 is 0 Å². The molecule has 0 aliphatic carbocycles. The largest absolute Gasteiger partial charge is 0.306 e. The fraction of sp³-hybridized carbons (Fsp3) is 0.316. The van der Waals surface area contributed by atoms with Crippen molar-refractivity contribution in [3.63, 3.8) is 0 Å². The second-order valence-corrected chi connectivity index (χ2v) is 7.58. The lowest BCUT2D eigenvalue weighted by Gasteiger charge is -2.36. The summed E-state index contributed by atoms with van der Waals surface area (Å²) in [5.41, 5.74) is 0.308. The number of nitrogens with zero attached hydrogens (tertiary/aromatic N) is 5. The summed E-state index contributed by atoms with van der Waals surface area (Å²) in [5, 5.41) is 6.41. The van der Waals surface area contributed by atoms with Crippen molar-refractivity contribution in [3.8, 4) is 5.69 Å². The topological polar surface area (TPSA) is 54.3 Å². The quantitative estimate of drug-likeness (QED) is 0.637. The van der Waals surface area contributed by atoms with Gasteiger partial charge in [0.25, 0.3) is 5.91 Å². The SMILES string of the molecule is CN1CCC(N(C(=O)c2cccs2)c2ccn(-c3ccncc3F)n2)CC1.[B]. The van der Waals surface area contributed by atoms with Gasteiger partial charge in [0.05, 0.1) is 11.1 Å². The lowest BCUT2D eigenvalue weighted by molar-refractivity contribution is 0.0966. The van der Waals surface area contributed by atoms with Gasteiger partial charge in [-0.1, -0.05) is 6.07 Å². The minimum Gasteiger partial charge on any atom is -0.306 e. The van der Waals surface area contributed by atoms with Crippen molar-refractivity contribution in [1.82, 2.24) is 19.7 Å². The normalized spacial score (nSPS) is 15.2. The van der Waals surface area contributed by atoms with Crippen LogP contribution >= 0.6 is 11.3 Å². The highest BCUT2D eigenvalue weighted by atomic mass is 32.1. The van der Waals surface area contributed by atoms with Crippen molar-refractivity contribution in [2.24, 2.45) is 0 Å². The number of carbonyl (C=O) groups excluding carboxylic acids is 1. The van der Waals surface area contributed by atoms with Crippen LogP contribution in [0.2, 0.25) is 0 Å². The summed E-state index contributed by atoms with van der Waals surface area (Å²) in [6.45, 7) is 1.86. The Bertz CT molecular complexity index is 924. The first kappa shape index (κ1) is 20.2. The Labute approximate surface area is 169 Å². The van der Waals surface area contributed by atoms with Gasteiger partial charge in [-0.3, -0.25) is 14.7 Å². The van der Waals surface area contributed by atoms with Gasteiger partial charge in [-0.2, -0.15) is 0 Å². The van der Waals surface area contributed by atoms with E-state index in [9.17, 15) is 9.18 Å². The van der Waals surface area contributed by atoms with E-state index in [0.29, 0.717) is 16.4 Å². The average Bonchev–Trinajstić information content (AvgIpc) is 3.36. The molecule has 4 heterocycles. The molecule has 0 unspecified atom stereocenters. The van der Waals surface area contributed by atoms with E-state index in [1.54, 1.807) is 23.2 Å². The summed E-state index contributed by atoms with van der Waals surface area (Å²) in [4.78, 5) is 21.7. The third-order valence-corrected chi connectivity index (χ3v) is 5.68. The zero-order chi connectivity index (χ0) is 18.8. The maximum atomic E-state index is 14.1. The third kappa shape index (κ3) is 4.00. The molecule has 4 rings (SSSR count). The summed E-state index contributed by atoms with van der Waals surface area (Å²) >= 11 is 1.42. The number of aromatic nitrogens is 3. The Morgan fingerprint density at radius 1 is 1.29 bits per heavy atom. The number of thiophene rings is 1. The molecular weight excluding hydrogens is 376 g/mol. The van der Waals surface area contributed by atoms with Crippen LogP contribution in [-0.4, -0.2) is 60.2 Å². The third-order valence-electron chi connectivity index (χ3n) is 4.82. The highest BCUT2D eigenvalue weighted by molar-refractivity contribution is 7.12. The number of halogens is 1. The molecule has 1 aliphatic rings. The Balaban J connectivity index is 0.00000225. The molecule has 143 valence electrons. The van der Waals surface area contributed by atoms with E-state index in [0.717, 1.165) is 32.1 Å². The maximum absolute atomic E-state index is 14.1. The lowest BCUT2D eigenvalue weighted by atomic mass is 10.0. The van der Waals surface area contributed by atoms with Crippen molar-refractivity contribution in [1.29, 1.82) is 0 Å². The summed E-state index contributed by atoms with van der Waals surface area (Å²) in [7, 11) is 2.09. The van der Waals surface area contributed by atoms with Gasteiger partial charge in [0.1, 0.15) is 5.69 Å². The van der Waals surface area contributed by atoms with Crippen LogP contribution in [0, 0.1) is 5.82 Å². The zero-order valence-electron chi connectivity index (χ0n) is 15.5. The number of pyridine rings is 1. The molecule has 0 N–H and O–H groups in total. The van der Waals surface area contributed by atoms with Gasteiger partial charge in [-0.05, 0) is 50.5 Å². The van der Waals surface area contributed by atoms with Crippen LogP contribution in [-0.2, 0) is 0 Å². The summed E-state index contributed by atoms with van der Waals surface area (Å²) in [6.07, 6.45) is 6.11. The summed E-state index contributed by atoms with van der Waals surface area (Å²) < 4.78 is 15.5. The fourth-order valence-corrected chi connectivity index (χ4v) is 4.02. The van der Waals surface area contributed by atoms with Gasteiger partial charge in [-0.25, -0.2) is 9.07 Å². The van der Waals surface area contributed by atoms with Crippen LogP contribution in [0.3, 0.4) is 0 Å². The first-order chi connectivity index (χ1) is 13.1. The number of hydrogen-bond acceptors (Lipinski definition) is 5. The van der Waals surface area contributed by atoms with Gasteiger partial charge in [-0.15, -0.1) is 16.4 Å². The van der Waals surface area contributed by atoms with Crippen molar-refractivity contribution >= 4 is 31.5 Å². The monoisotopic (exact) mass is 396 g/mol. The molecular formula is C19H20BFN5OS. The highest BCUT2D eigenvalue weighted by Gasteiger charge is 2.31. The fourth-order valence-electron chi connectivity index (χ4n) is 3.36. The van der Waals surface area contributed by atoms with Crippen molar-refractivity contribution in [3.05, 3.63) is 58.9 Å². The van der Waals surface area contributed by atoms with Crippen LogP contribution in [0.1, 0.15) is 22.5 Å². The Morgan fingerprint density at radius 3 is 2.75 bits per heavy atom. The predicted molar refractivity (Wildman–Crippen MR) is 109 cm³/mol. The van der Waals surface area contributed by atoms with Crippen LogP contribution in [0.15, 0.2) is 48.2 Å². The Kier molecular flexibility index (Phi) is 6.26. The van der Waals surface area contributed by atoms with Crippen LogP contribution in [0.25, 0.3) is 5.69 Å². The molecule has 1 aliphatic heterocycles. The van der Waals surface area contributed by atoms with Crippen molar-refractivity contribution < 1.29 is 9.18 Å². The van der Waals surface area contributed by atoms with Crippen molar-refractivity contribution in [2.45, 2.75) is 18.9 Å². The number of piperidine rings is 1. The van der Waals surface area contributed by atoms with E-state index in [4.69, 9.17) is 0 Å². The van der Waals surface area contributed by atoms with Crippen LogP contribution in [0.5, 0.6) is 0 Å². The number of hydrogen-bond donors (Lipinski definition) is 0. The molecule has 1 saturated heterocycles. The zero-order valence-corrected chi connectivity index (χ0v) is 16.3. The van der Waals surface area contributed by atoms with Gasteiger partial charge in [0.2, 0.25) is 0 Å². The standard InChI is InChI=1S/C19H20FN5OS.B/c1-23-9-5-14(6-10-23)25(19(26)17-3-2-12-27-17)18-7-11-24(22-18)16-4-8-21-13-15(16)20;/h2-4,7-8,11-14H,5-6,9-10H2,1H3;. The second kappa shape index (κ2) is 8.66. The Morgan fingerprint density at radius 2 is 2.07 bits per heavy atom. The molecule has 3 aromatic heterocycles. The number of amides is 1. The van der Waals surface area contributed by atoms with Gasteiger partial charge < -0.3 is 4.90 Å². The lowest BCUT2D eigenvalue weighted by Crippen LogP contribution is -2.47. The first-order valence-corrected chi connectivity index (χ1v) is 9.72. The van der Waals surface area contributed by atoms with Crippen LogP contribution < -0.4 is 4.90 Å². The van der Waals surface area contributed by atoms with E-state index < -0.39 is 5.82 Å². The minimum absolute atomic E-state index is 0. The Hall–Kier alpha value is -2.52. The van der Waals surface area contributed by atoms with E-state index in [1.807, 2.05) is 17.5 Å². The summed E-state index contributed by atoms with van der Waals surface area (Å²) in [6, 6.07) is 7.10. The molecule has 9 heteroatoms. The molecule has 0 aromatic carbocycles. The summed E-state index contributed by atoms with van der Waals surface area (Å²) in [5.74, 6) is 0.0294. The number of anilines is 1. The van der Waals surface area contributed by atoms with Gasteiger partial charge in [0, 0.05) is 32.9 Å². The highest BCUT2D eigenvalue weighted by Crippen LogP contribution is 2.26. The average molecular weight is 396 g/mol. The molecule has 0 spiro atoms. The number of carbonyl (C=O) groups is 1. The molecule has 1 amide bonds. The van der Waals surface area contributed by atoms with Crippen molar-refractivity contribution in [2.75, 3.05) is 25.0 Å². The minimum atomic E-state index is -0.456. The number of rotatable bonds is 4. The number of likely N-dealkylation sites (tertiary alicyclic amines) is 1. The first-order valence-electron chi connectivity index (χ1n) is 8.84. The molecule has 0 bridgehead atoms. The molecule has 28 heavy (non-hydrogen) atoms. The molecule has 3 radical (unpaired) electrons. The molecule has 1 fully saturated rings. The van der Waals surface area contributed by atoms with E-state index in [1.165, 1.54) is 22.2 Å².